The minimum Gasteiger partial charge on any atom is -0.378 e. The Kier molecular flexibility index (Phi) is 5.66. The van der Waals surface area contributed by atoms with Gasteiger partial charge in [0.05, 0.1) is 23.6 Å². The van der Waals surface area contributed by atoms with Crippen molar-refractivity contribution in [3.63, 3.8) is 0 Å². The Morgan fingerprint density at radius 1 is 1.00 bits per heavy atom. The van der Waals surface area contributed by atoms with Crippen molar-refractivity contribution in [3.05, 3.63) is 72.2 Å². The second-order valence-electron chi connectivity index (χ2n) is 8.41. The fourth-order valence-corrected chi connectivity index (χ4v) is 5.03. The van der Waals surface area contributed by atoms with E-state index < -0.39 is 9.84 Å². The number of aryl methyl sites for hydroxylation is 1. The summed E-state index contributed by atoms with van der Waals surface area (Å²) < 4.78 is 31.9. The Morgan fingerprint density at radius 2 is 1.74 bits per heavy atom. The van der Waals surface area contributed by atoms with Crippen LogP contribution in [0.25, 0.3) is 28.0 Å². The van der Waals surface area contributed by atoms with E-state index in [1.54, 1.807) is 40.1 Å². The topological polar surface area (TPSA) is 94.4 Å². The fraction of sp³-hybridized carbons (Fsp3) is 0.240. The van der Waals surface area contributed by atoms with Gasteiger partial charge in [-0.1, -0.05) is 35.9 Å². The van der Waals surface area contributed by atoms with Crippen LogP contribution < -0.4 is 0 Å². The van der Waals surface area contributed by atoms with Crippen LogP contribution in [0.3, 0.4) is 0 Å². The molecule has 1 saturated heterocycles. The summed E-state index contributed by atoms with van der Waals surface area (Å²) in [6, 6.07) is 13.1. The molecular weight excluding hydrogens is 452 g/mol. The summed E-state index contributed by atoms with van der Waals surface area (Å²) in [5.74, 6) is 0.210. The van der Waals surface area contributed by atoms with Crippen LogP contribution in [0.4, 0.5) is 0 Å². The number of carbonyl (C=O) groups is 1. The fourth-order valence-electron chi connectivity index (χ4n) is 4.16. The number of morpholine rings is 1. The van der Waals surface area contributed by atoms with Crippen LogP contribution in [-0.2, 0) is 14.6 Å². The average molecular weight is 477 g/mol. The Balaban J connectivity index is 1.60. The van der Waals surface area contributed by atoms with E-state index in [1.807, 2.05) is 25.1 Å². The van der Waals surface area contributed by atoms with Gasteiger partial charge in [0.1, 0.15) is 0 Å². The Labute approximate surface area is 197 Å². The minimum atomic E-state index is -3.51. The molecule has 0 saturated carbocycles. The number of carbonyl (C=O) groups excluding carboxylic acids is 1. The molecule has 34 heavy (non-hydrogen) atoms. The number of hydrogen-bond acceptors (Lipinski definition) is 6. The molecule has 5 rings (SSSR count). The van der Waals surface area contributed by atoms with E-state index in [0.717, 1.165) is 16.7 Å². The van der Waals surface area contributed by atoms with Crippen LogP contribution in [-0.4, -0.2) is 66.3 Å². The van der Waals surface area contributed by atoms with E-state index in [2.05, 4.69) is 16.0 Å². The molecule has 4 aromatic rings. The largest absolute Gasteiger partial charge is 0.378 e. The van der Waals surface area contributed by atoms with Gasteiger partial charge in [-0.15, -0.1) is 0 Å². The zero-order chi connectivity index (χ0) is 23.9. The molecule has 0 aliphatic carbocycles. The Bertz CT molecular complexity index is 1490. The normalized spacial score (nSPS) is 14.5. The molecule has 9 heteroatoms. The van der Waals surface area contributed by atoms with Crippen molar-refractivity contribution in [2.45, 2.75) is 11.8 Å². The zero-order valence-electron chi connectivity index (χ0n) is 18.9. The van der Waals surface area contributed by atoms with E-state index in [1.165, 1.54) is 12.5 Å². The monoisotopic (exact) mass is 476 g/mol. The van der Waals surface area contributed by atoms with Crippen molar-refractivity contribution in [2.75, 3.05) is 32.6 Å². The van der Waals surface area contributed by atoms with E-state index in [9.17, 15) is 13.2 Å². The number of sulfone groups is 1. The van der Waals surface area contributed by atoms with Gasteiger partial charge >= 0.3 is 0 Å². The molecule has 8 nitrogen and oxygen atoms in total. The zero-order valence-corrected chi connectivity index (χ0v) is 19.7. The first-order chi connectivity index (χ1) is 16.3. The van der Waals surface area contributed by atoms with E-state index in [4.69, 9.17) is 4.74 Å². The average Bonchev–Trinajstić information content (AvgIpc) is 3.24. The molecular formula is C25H24N4O4S. The summed E-state index contributed by atoms with van der Waals surface area (Å²) >= 11 is 0. The molecule has 1 aliphatic heterocycles. The predicted octanol–water partition coefficient (Wildman–Crippen LogP) is 3.27. The summed E-state index contributed by atoms with van der Waals surface area (Å²) in [5.41, 5.74) is 4.02. The number of amides is 1. The summed E-state index contributed by atoms with van der Waals surface area (Å²) in [4.78, 5) is 24.0. The molecule has 0 unspecified atom stereocenters. The van der Waals surface area contributed by atoms with Crippen molar-refractivity contribution in [1.82, 2.24) is 19.4 Å². The number of ether oxygens (including phenoxy) is 1. The lowest BCUT2D eigenvalue weighted by Crippen LogP contribution is -2.40. The molecule has 0 N–H and O–H groups in total. The summed E-state index contributed by atoms with van der Waals surface area (Å²) in [7, 11) is -3.51. The quantitative estimate of drug-likeness (QED) is 0.449. The third-order valence-electron chi connectivity index (χ3n) is 5.92. The summed E-state index contributed by atoms with van der Waals surface area (Å²) in [6.45, 7) is 4.08. The molecule has 1 fully saturated rings. The first-order valence-electron chi connectivity index (χ1n) is 10.9. The lowest BCUT2D eigenvalue weighted by Gasteiger charge is -2.26. The molecule has 2 aromatic heterocycles. The highest BCUT2D eigenvalue weighted by Gasteiger charge is 2.23. The second kappa shape index (κ2) is 8.66. The van der Waals surface area contributed by atoms with Crippen LogP contribution in [0.5, 0.6) is 0 Å². The van der Waals surface area contributed by atoms with Crippen LogP contribution in [0.2, 0.25) is 0 Å². The number of benzene rings is 2. The van der Waals surface area contributed by atoms with Crippen LogP contribution in [0.15, 0.2) is 66.0 Å². The molecule has 0 atom stereocenters. The van der Waals surface area contributed by atoms with E-state index in [-0.39, 0.29) is 10.8 Å². The highest BCUT2D eigenvalue weighted by atomic mass is 32.2. The lowest BCUT2D eigenvalue weighted by atomic mass is 10.1. The van der Waals surface area contributed by atoms with Gasteiger partial charge in [0.15, 0.2) is 9.84 Å². The van der Waals surface area contributed by atoms with Gasteiger partial charge < -0.3 is 9.64 Å². The van der Waals surface area contributed by atoms with Crippen molar-refractivity contribution >= 4 is 26.6 Å². The Hall–Kier alpha value is -3.56. The molecule has 174 valence electrons. The molecule has 2 aromatic carbocycles. The lowest BCUT2D eigenvalue weighted by molar-refractivity contribution is 0.0303. The number of nitrogens with zero attached hydrogens (tertiary/aromatic N) is 4. The molecule has 3 heterocycles. The number of fused-ring (bicyclic) bond motifs is 1. The summed E-state index contributed by atoms with van der Waals surface area (Å²) in [5, 5.41) is 0.521. The van der Waals surface area contributed by atoms with Gasteiger partial charge in [-0.3, -0.25) is 9.36 Å². The predicted molar refractivity (Wildman–Crippen MR) is 129 cm³/mol. The maximum Gasteiger partial charge on any atom is 0.254 e. The standard InChI is InChI=1S/C25H24N4O4S/c1-17-4-3-5-18(12-17)20-14-26-25(27-15-20)29-16-23(34(2,31)32)21-7-6-19(13-22(21)29)24(30)28-8-10-33-11-9-28/h3-7,12-16H,8-11H2,1-2H3. The minimum absolute atomic E-state index is 0.116. The van der Waals surface area contributed by atoms with Crippen molar-refractivity contribution < 1.29 is 17.9 Å². The first kappa shape index (κ1) is 22.2. The van der Waals surface area contributed by atoms with Crippen LogP contribution in [0, 0.1) is 6.92 Å². The third-order valence-corrected chi connectivity index (χ3v) is 7.04. The van der Waals surface area contributed by atoms with Gasteiger partial charge in [0, 0.05) is 54.4 Å². The molecule has 1 aliphatic rings. The number of aromatic nitrogens is 3. The van der Waals surface area contributed by atoms with Crippen LogP contribution in [0.1, 0.15) is 15.9 Å². The van der Waals surface area contributed by atoms with Gasteiger partial charge in [-0.2, -0.15) is 0 Å². The van der Waals surface area contributed by atoms with Gasteiger partial charge in [0.25, 0.3) is 5.91 Å². The Morgan fingerprint density at radius 3 is 2.41 bits per heavy atom. The maximum atomic E-state index is 13.0. The van der Waals surface area contributed by atoms with E-state index in [0.29, 0.717) is 48.7 Å². The van der Waals surface area contributed by atoms with Gasteiger partial charge in [-0.25, -0.2) is 18.4 Å². The molecule has 0 bridgehead atoms. The van der Waals surface area contributed by atoms with Crippen LogP contribution >= 0.6 is 0 Å². The van der Waals surface area contributed by atoms with Gasteiger partial charge in [0.2, 0.25) is 5.95 Å². The third kappa shape index (κ3) is 4.20. The van der Waals surface area contributed by atoms with Gasteiger partial charge in [-0.05, 0) is 24.6 Å². The summed E-state index contributed by atoms with van der Waals surface area (Å²) in [6.07, 6.45) is 6.11. The SMILES string of the molecule is Cc1cccc(-c2cnc(-n3cc(S(C)(=O)=O)c4ccc(C(=O)N5CCOCC5)cc43)nc2)c1. The molecule has 0 radical (unpaired) electrons. The highest BCUT2D eigenvalue weighted by molar-refractivity contribution is 7.91. The van der Waals surface area contributed by atoms with E-state index >= 15 is 0 Å². The molecule has 0 spiro atoms. The smallest absolute Gasteiger partial charge is 0.254 e. The molecule has 1 amide bonds. The van der Waals surface area contributed by atoms with Crippen molar-refractivity contribution in [3.8, 4) is 17.1 Å². The first-order valence-corrected chi connectivity index (χ1v) is 12.8. The number of hydrogen-bond donors (Lipinski definition) is 0. The van der Waals surface area contributed by atoms with Crippen molar-refractivity contribution in [1.29, 1.82) is 0 Å². The highest BCUT2D eigenvalue weighted by Crippen LogP contribution is 2.29. The number of rotatable bonds is 4. The maximum absolute atomic E-state index is 13.0. The van der Waals surface area contributed by atoms with Crippen molar-refractivity contribution in [2.24, 2.45) is 0 Å². The second-order valence-corrected chi connectivity index (χ2v) is 10.4.